The number of pyridine rings is 1. The number of fused-ring (bicyclic) bond motifs is 1. The number of aryl methyl sites for hydroxylation is 1. The molecule has 6 nitrogen and oxygen atoms in total. The molecule has 25 heavy (non-hydrogen) atoms. The number of nitrogens with zero attached hydrogens (tertiary/aromatic N) is 4. The zero-order chi connectivity index (χ0) is 18.0. The summed E-state index contributed by atoms with van der Waals surface area (Å²) in [4.78, 5) is 14.7. The third-order valence-corrected chi connectivity index (χ3v) is 3.90. The van der Waals surface area contributed by atoms with E-state index in [2.05, 4.69) is 10.2 Å². The summed E-state index contributed by atoms with van der Waals surface area (Å²) in [6.45, 7) is 5.91. The van der Waals surface area contributed by atoms with E-state index in [0.29, 0.717) is 17.8 Å². The Kier molecular flexibility index (Phi) is 4.55. The molecule has 3 rings (SSSR count). The van der Waals surface area contributed by atoms with Gasteiger partial charge in [-0.05, 0) is 38.5 Å². The molecule has 0 bridgehead atoms. The molecule has 0 atom stereocenters. The Hall–Kier alpha value is -2.73. The lowest BCUT2D eigenvalue weighted by Crippen LogP contribution is -2.41. The Morgan fingerprint density at radius 3 is 2.56 bits per heavy atom. The fraction of sp³-hybridized carbons (Fsp3) is 0.316. The van der Waals surface area contributed by atoms with Crippen LogP contribution in [0.2, 0.25) is 0 Å². The molecule has 0 saturated heterocycles. The van der Waals surface area contributed by atoms with Crippen LogP contribution in [0.3, 0.4) is 0 Å². The van der Waals surface area contributed by atoms with E-state index in [4.69, 9.17) is 0 Å². The molecule has 0 aliphatic rings. The lowest BCUT2D eigenvalue weighted by atomic mass is 10.1. The summed E-state index contributed by atoms with van der Waals surface area (Å²) in [6.07, 6.45) is 1.75. The molecule has 0 radical (unpaired) electrons. The minimum atomic E-state index is -0.985. The number of rotatable bonds is 5. The number of aromatic nitrogens is 3. The molecule has 0 aliphatic carbocycles. The number of carbonyl (C=O) groups excluding carboxylic acids is 1. The van der Waals surface area contributed by atoms with Crippen LogP contribution in [0, 0.1) is 6.92 Å². The van der Waals surface area contributed by atoms with Gasteiger partial charge in [-0.3, -0.25) is 9.20 Å². The van der Waals surface area contributed by atoms with E-state index in [1.807, 2.05) is 37.3 Å². The molecule has 2 aromatic heterocycles. The highest BCUT2D eigenvalue weighted by atomic mass is 16.3. The van der Waals surface area contributed by atoms with E-state index >= 15 is 0 Å². The Labute approximate surface area is 146 Å². The van der Waals surface area contributed by atoms with Gasteiger partial charge in [0.1, 0.15) is 5.82 Å². The molecule has 0 saturated carbocycles. The maximum atomic E-state index is 13.1. The van der Waals surface area contributed by atoms with Gasteiger partial charge in [-0.1, -0.05) is 30.3 Å². The Morgan fingerprint density at radius 2 is 1.88 bits per heavy atom. The van der Waals surface area contributed by atoms with Crippen LogP contribution in [-0.2, 0) is 6.54 Å². The fourth-order valence-corrected chi connectivity index (χ4v) is 2.78. The summed E-state index contributed by atoms with van der Waals surface area (Å²) in [7, 11) is 0. The van der Waals surface area contributed by atoms with E-state index < -0.39 is 5.60 Å². The van der Waals surface area contributed by atoms with Gasteiger partial charge < -0.3 is 10.0 Å². The van der Waals surface area contributed by atoms with Crippen LogP contribution >= 0.6 is 0 Å². The largest absolute Gasteiger partial charge is 0.389 e. The van der Waals surface area contributed by atoms with Crippen molar-refractivity contribution in [2.24, 2.45) is 0 Å². The second-order valence-electron chi connectivity index (χ2n) is 6.85. The lowest BCUT2D eigenvalue weighted by molar-refractivity contribution is 0.0280. The summed E-state index contributed by atoms with van der Waals surface area (Å²) in [5.41, 5.74) is 1.27. The van der Waals surface area contributed by atoms with Crippen molar-refractivity contribution >= 4 is 11.6 Å². The van der Waals surface area contributed by atoms with E-state index in [1.165, 1.54) is 0 Å². The predicted octanol–water partition coefficient (Wildman–Crippen LogP) is 2.45. The number of hydrogen-bond acceptors (Lipinski definition) is 4. The first-order chi connectivity index (χ1) is 11.8. The minimum Gasteiger partial charge on any atom is -0.389 e. The van der Waals surface area contributed by atoms with Crippen LogP contribution in [0.25, 0.3) is 5.65 Å². The van der Waals surface area contributed by atoms with E-state index in [-0.39, 0.29) is 12.5 Å². The summed E-state index contributed by atoms with van der Waals surface area (Å²) in [5, 5.41) is 18.3. The van der Waals surface area contributed by atoms with E-state index in [9.17, 15) is 9.90 Å². The normalized spacial score (nSPS) is 11.7. The Bertz CT molecular complexity index is 881. The summed E-state index contributed by atoms with van der Waals surface area (Å²) < 4.78 is 1.79. The molecule has 0 fully saturated rings. The molecule has 0 spiro atoms. The standard InChI is InChI=1S/C19H22N4O2/c1-14-20-21-17-10-9-16(12-23(14)17)18(24)22(13-19(2,3)25)11-15-7-5-4-6-8-15/h4-10,12,25H,11,13H2,1-3H3. The third-order valence-electron chi connectivity index (χ3n) is 3.90. The predicted molar refractivity (Wildman–Crippen MR) is 95.2 cm³/mol. The minimum absolute atomic E-state index is 0.138. The van der Waals surface area contributed by atoms with E-state index in [1.54, 1.807) is 41.5 Å². The zero-order valence-corrected chi connectivity index (χ0v) is 14.7. The molecule has 3 aromatic rings. The Morgan fingerprint density at radius 1 is 1.16 bits per heavy atom. The van der Waals surface area contributed by atoms with Crippen molar-refractivity contribution in [3.8, 4) is 0 Å². The summed E-state index contributed by atoms with van der Waals surface area (Å²) in [6, 6.07) is 13.3. The highest BCUT2D eigenvalue weighted by Crippen LogP contribution is 2.15. The average molecular weight is 338 g/mol. The lowest BCUT2D eigenvalue weighted by Gasteiger charge is -2.29. The molecule has 2 heterocycles. The van der Waals surface area contributed by atoms with Crippen molar-refractivity contribution in [3.63, 3.8) is 0 Å². The van der Waals surface area contributed by atoms with Crippen LogP contribution in [0.5, 0.6) is 0 Å². The summed E-state index contributed by atoms with van der Waals surface area (Å²) in [5.74, 6) is 0.586. The maximum Gasteiger partial charge on any atom is 0.255 e. The molecule has 1 N–H and O–H groups in total. The highest BCUT2D eigenvalue weighted by Gasteiger charge is 2.24. The van der Waals surface area contributed by atoms with Gasteiger partial charge in [-0.15, -0.1) is 10.2 Å². The van der Waals surface area contributed by atoms with Gasteiger partial charge in [0.05, 0.1) is 11.2 Å². The van der Waals surface area contributed by atoms with Crippen molar-refractivity contribution in [1.29, 1.82) is 0 Å². The van der Waals surface area contributed by atoms with Gasteiger partial charge in [0.2, 0.25) is 0 Å². The molecule has 0 unspecified atom stereocenters. The number of hydrogen-bond donors (Lipinski definition) is 1. The first kappa shape index (κ1) is 17.1. The second-order valence-corrected chi connectivity index (χ2v) is 6.85. The van der Waals surface area contributed by atoms with Crippen molar-refractivity contribution in [1.82, 2.24) is 19.5 Å². The molecule has 130 valence electrons. The molecule has 0 aliphatic heterocycles. The molecule has 1 amide bonds. The monoisotopic (exact) mass is 338 g/mol. The van der Waals surface area contributed by atoms with Crippen molar-refractivity contribution in [2.75, 3.05) is 6.54 Å². The van der Waals surface area contributed by atoms with Crippen molar-refractivity contribution < 1.29 is 9.90 Å². The van der Waals surface area contributed by atoms with Crippen LogP contribution < -0.4 is 0 Å². The Balaban J connectivity index is 1.92. The fourth-order valence-electron chi connectivity index (χ4n) is 2.78. The number of aliphatic hydroxyl groups is 1. The van der Waals surface area contributed by atoms with Crippen LogP contribution in [0.1, 0.15) is 35.6 Å². The van der Waals surface area contributed by atoms with Gasteiger partial charge >= 0.3 is 0 Å². The SMILES string of the molecule is Cc1nnc2ccc(C(=O)N(Cc3ccccc3)CC(C)(C)O)cn12. The maximum absolute atomic E-state index is 13.1. The summed E-state index contributed by atoms with van der Waals surface area (Å²) >= 11 is 0. The first-order valence-corrected chi connectivity index (χ1v) is 8.20. The molecule has 1 aromatic carbocycles. The number of amides is 1. The quantitative estimate of drug-likeness (QED) is 0.776. The third kappa shape index (κ3) is 4.03. The van der Waals surface area contributed by atoms with Gasteiger partial charge in [-0.25, -0.2) is 0 Å². The van der Waals surface area contributed by atoms with Gasteiger partial charge in [0.25, 0.3) is 5.91 Å². The van der Waals surface area contributed by atoms with Gasteiger partial charge in [0.15, 0.2) is 5.65 Å². The van der Waals surface area contributed by atoms with Crippen LogP contribution in [-0.4, -0.2) is 42.7 Å². The molecular formula is C19H22N4O2. The smallest absolute Gasteiger partial charge is 0.255 e. The second kappa shape index (κ2) is 6.64. The van der Waals surface area contributed by atoms with Crippen LogP contribution in [0.4, 0.5) is 0 Å². The zero-order valence-electron chi connectivity index (χ0n) is 14.7. The topological polar surface area (TPSA) is 70.7 Å². The number of benzene rings is 1. The van der Waals surface area contributed by atoms with Crippen LogP contribution in [0.15, 0.2) is 48.7 Å². The molecule has 6 heteroatoms. The molecular weight excluding hydrogens is 316 g/mol. The van der Waals surface area contributed by atoms with E-state index in [0.717, 1.165) is 11.4 Å². The highest BCUT2D eigenvalue weighted by molar-refractivity contribution is 5.94. The average Bonchev–Trinajstić information content (AvgIpc) is 2.94. The van der Waals surface area contributed by atoms with Crippen molar-refractivity contribution in [3.05, 3.63) is 65.6 Å². The van der Waals surface area contributed by atoms with Gasteiger partial charge in [0, 0.05) is 19.3 Å². The van der Waals surface area contributed by atoms with Crippen molar-refractivity contribution in [2.45, 2.75) is 32.9 Å². The van der Waals surface area contributed by atoms with Gasteiger partial charge in [-0.2, -0.15) is 0 Å². The number of carbonyl (C=O) groups is 1. The first-order valence-electron chi connectivity index (χ1n) is 8.20.